The Morgan fingerprint density at radius 3 is 2.97 bits per heavy atom. The molecule has 0 saturated heterocycles. The number of amides is 1. The van der Waals surface area contributed by atoms with Crippen LogP contribution in [0.5, 0.6) is 0 Å². The molecule has 3 heterocycles. The number of ether oxygens (including phenoxy) is 1. The lowest BCUT2D eigenvalue weighted by Crippen LogP contribution is -2.17. The van der Waals surface area contributed by atoms with Crippen LogP contribution in [0.2, 0.25) is 0 Å². The van der Waals surface area contributed by atoms with E-state index < -0.39 is 0 Å². The number of carbonyl (C=O) groups excluding carboxylic acids is 2. The Kier molecular flexibility index (Phi) is 6.46. The minimum absolute atomic E-state index is 0.154. The number of nitrogens with zero attached hydrogens (tertiary/aromatic N) is 2. The van der Waals surface area contributed by atoms with E-state index in [1.54, 1.807) is 18.3 Å². The van der Waals surface area contributed by atoms with Crippen LogP contribution in [0, 0.1) is 0 Å². The van der Waals surface area contributed by atoms with Crippen molar-refractivity contribution in [1.82, 2.24) is 9.97 Å². The monoisotopic (exact) mass is 447 g/mol. The van der Waals surface area contributed by atoms with E-state index in [0.29, 0.717) is 17.2 Å². The Bertz CT molecular complexity index is 1040. The van der Waals surface area contributed by atoms with Crippen molar-refractivity contribution in [3.05, 3.63) is 33.8 Å². The quantitative estimate of drug-likeness (QED) is 0.250. The third-order valence-electron chi connectivity index (χ3n) is 4.72. The van der Waals surface area contributed by atoms with Gasteiger partial charge in [-0.15, -0.1) is 22.7 Å². The highest BCUT2D eigenvalue weighted by atomic mass is 32.2. The number of carbonyl (C=O) groups is 2. The molecule has 0 aromatic carbocycles. The van der Waals surface area contributed by atoms with Crippen molar-refractivity contribution in [1.29, 1.82) is 0 Å². The molecule has 0 fully saturated rings. The molecular weight excluding hydrogens is 426 g/mol. The number of thiophene rings is 2. The summed E-state index contributed by atoms with van der Waals surface area (Å²) >= 11 is 4.44. The number of anilines is 1. The predicted molar refractivity (Wildman–Crippen MR) is 118 cm³/mol. The van der Waals surface area contributed by atoms with Crippen LogP contribution in [0.25, 0.3) is 10.2 Å². The van der Waals surface area contributed by atoms with Crippen molar-refractivity contribution in [2.45, 2.75) is 44.1 Å². The highest BCUT2D eigenvalue weighted by Gasteiger charge is 2.26. The summed E-state index contributed by atoms with van der Waals surface area (Å²) in [7, 11) is 0. The molecule has 152 valence electrons. The number of rotatable bonds is 6. The Morgan fingerprint density at radius 2 is 2.10 bits per heavy atom. The largest absolute Gasteiger partial charge is 0.462 e. The van der Waals surface area contributed by atoms with Gasteiger partial charge in [-0.3, -0.25) is 4.79 Å². The van der Waals surface area contributed by atoms with E-state index in [0.717, 1.165) is 52.9 Å². The molecule has 1 N–H and O–H groups in total. The van der Waals surface area contributed by atoms with Gasteiger partial charge in [0.1, 0.15) is 21.2 Å². The van der Waals surface area contributed by atoms with Gasteiger partial charge in [-0.05, 0) is 49.6 Å². The number of esters is 1. The Labute approximate surface area is 181 Å². The first-order valence-electron chi connectivity index (χ1n) is 9.60. The van der Waals surface area contributed by atoms with E-state index in [9.17, 15) is 9.59 Å². The van der Waals surface area contributed by atoms with Crippen LogP contribution in [0.4, 0.5) is 5.00 Å². The molecule has 3 aromatic rings. The van der Waals surface area contributed by atoms with Gasteiger partial charge in [0.2, 0.25) is 5.91 Å². The molecule has 0 radical (unpaired) electrons. The maximum Gasteiger partial charge on any atom is 0.341 e. The zero-order valence-corrected chi connectivity index (χ0v) is 18.5. The zero-order chi connectivity index (χ0) is 20.2. The number of aryl methyl sites for hydroxylation is 1. The lowest BCUT2D eigenvalue weighted by molar-refractivity contribution is -0.113. The van der Waals surface area contributed by atoms with Crippen molar-refractivity contribution in [3.63, 3.8) is 0 Å². The van der Waals surface area contributed by atoms with Crippen LogP contribution in [-0.2, 0) is 22.4 Å². The van der Waals surface area contributed by atoms with E-state index in [1.165, 1.54) is 34.3 Å². The molecule has 0 bridgehead atoms. The van der Waals surface area contributed by atoms with Gasteiger partial charge < -0.3 is 10.1 Å². The third-order valence-corrected chi connectivity index (χ3v) is 7.75. The van der Waals surface area contributed by atoms with Crippen LogP contribution in [-0.4, -0.2) is 34.2 Å². The average Bonchev–Trinajstić information content (AvgIpc) is 3.25. The minimum Gasteiger partial charge on any atom is -0.462 e. The van der Waals surface area contributed by atoms with Gasteiger partial charge in [0.15, 0.2) is 0 Å². The summed E-state index contributed by atoms with van der Waals surface area (Å²) in [5.41, 5.74) is 1.61. The van der Waals surface area contributed by atoms with Crippen molar-refractivity contribution >= 4 is 61.5 Å². The summed E-state index contributed by atoms with van der Waals surface area (Å²) in [5.74, 6) is -0.281. The molecule has 1 aliphatic rings. The van der Waals surface area contributed by atoms with Crippen molar-refractivity contribution in [2.24, 2.45) is 0 Å². The van der Waals surface area contributed by atoms with Gasteiger partial charge in [-0.25, -0.2) is 14.8 Å². The molecule has 1 aliphatic carbocycles. The summed E-state index contributed by atoms with van der Waals surface area (Å²) in [5, 5.41) is 7.29. The standard InChI is InChI=1S/C20H21N3O3S3/c1-2-26-20(25)16-12-6-4-3-5-7-14(12)29-19(16)23-15(24)10-28-18-13-8-9-27-17(13)21-11-22-18/h8-9,11H,2-7,10H2,1H3,(H,23,24). The summed E-state index contributed by atoms with van der Waals surface area (Å²) < 4.78 is 5.28. The number of hydrogen-bond donors (Lipinski definition) is 1. The number of thioether (sulfide) groups is 1. The van der Waals surface area contributed by atoms with Crippen molar-refractivity contribution < 1.29 is 14.3 Å². The smallest absolute Gasteiger partial charge is 0.341 e. The lowest BCUT2D eigenvalue weighted by Gasteiger charge is -2.08. The maximum absolute atomic E-state index is 12.7. The highest BCUT2D eigenvalue weighted by molar-refractivity contribution is 8.00. The minimum atomic E-state index is -0.342. The molecule has 0 atom stereocenters. The summed E-state index contributed by atoms with van der Waals surface area (Å²) in [4.78, 5) is 35.9. The molecule has 6 nitrogen and oxygen atoms in total. The summed E-state index contributed by atoms with van der Waals surface area (Å²) in [6.45, 7) is 2.11. The Morgan fingerprint density at radius 1 is 1.24 bits per heavy atom. The normalized spacial score (nSPS) is 13.7. The van der Waals surface area contributed by atoms with Gasteiger partial charge in [0, 0.05) is 10.3 Å². The average molecular weight is 448 g/mol. The molecule has 3 aromatic heterocycles. The molecule has 0 aliphatic heterocycles. The van der Waals surface area contributed by atoms with Gasteiger partial charge in [-0.1, -0.05) is 18.2 Å². The first-order valence-corrected chi connectivity index (χ1v) is 12.3. The fourth-order valence-corrected chi connectivity index (χ4v) is 6.30. The molecule has 1 amide bonds. The van der Waals surface area contributed by atoms with Crippen LogP contribution in [0.1, 0.15) is 47.0 Å². The molecule has 29 heavy (non-hydrogen) atoms. The van der Waals surface area contributed by atoms with Gasteiger partial charge in [0.25, 0.3) is 0 Å². The first kappa shape index (κ1) is 20.3. The van der Waals surface area contributed by atoms with Gasteiger partial charge in [-0.2, -0.15) is 0 Å². The Balaban J connectivity index is 1.51. The van der Waals surface area contributed by atoms with Crippen molar-refractivity contribution in [2.75, 3.05) is 17.7 Å². The maximum atomic E-state index is 12.7. The molecule has 0 saturated carbocycles. The number of aromatic nitrogens is 2. The second kappa shape index (κ2) is 9.23. The molecule has 0 spiro atoms. The number of hydrogen-bond acceptors (Lipinski definition) is 8. The summed E-state index contributed by atoms with van der Waals surface area (Å²) in [6.07, 6.45) is 6.68. The van der Waals surface area contributed by atoms with Crippen molar-refractivity contribution in [3.8, 4) is 0 Å². The van der Waals surface area contributed by atoms with E-state index >= 15 is 0 Å². The lowest BCUT2D eigenvalue weighted by atomic mass is 10.1. The van der Waals surface area contributed by atoms with Gasteiger partial charge in [0.05, 0.1) is 17.9 Å². The molecular formula is C20H21N3O3S3. The SMILES string of the molecule is CCOC(=O)c1c(NC(=O)CSc2ncnc3sccc23)sc2c1CCCCC2. The second-order valence-corrected chi connectivity index (χ2v) is 9.61. The van der Waals surface area contributed by atoms with E-state index in [1.807, 2.05) is 11.4 Å². The third kappa shape index (κ3) is 4.46. The fourth-order valence-electron chi connectivity index (χ4n) is 3.43. The van der Waals surface area contributed by atoms with E-state index in [-0.39, 0.29) is 17.6 Å². The summed E-state index contributed by atoms with van der Waals surface area (Å²) in [6, 6.07) is 1.97. The van der Waals surface area contributed by atoms with Crippen LogP contribution < -0.4 is 5.32 Å². The van der Waals surface area contributed by atoms with Crippen LogP contribution in [0.3, 0.4) is 0 Å². The molecule has 9 heteroatoms. The van der Waals surface area contributed by atoms with Crippen LogP contribution >= 0.6 is 34.4 Å². The first-order chi connectivity index (χ1) is 14.2. The zero-order valence-electron chi connectivity index (χ0n) is 16.0. The number of fused-ring (bicyclic) bond motifs is 2. The second-order valence-electron chi connectivity index (χ2n) is 6.64. The molecule has 0 unspecified atom stereocenters. The van der Waals surface area contributed by atoms with Gasteiger partial charge >= 0.3 is 5.97 Å². The van der Waals surface area contributed by atoms with Crippen LogP contribution in [0.15, 0.2) is 22.8 Å². The number of nitrogens with one attached hydrogen (secondary N) is 1. The van der Waals surface area contributed by atoms with E-state index in [4.69, 9.17) is 4.74 Å². The molecule has 4 rings (SSSR count). The van der Waals surface area contributed by atoms with E-state index in [2.05, 4.69) is 15.3 Å². The topological polar surface area (TPSA) is 81.2 Å². The Hall–Kier alpha value is -1.97. The highest BCUT2D eigenvalue weighted by Crippen LogP contribution is 2.38. The predicted octanol–water partition coefficient (Wildman–Crippen LogP) is 4.93. The fraction of sp³-hybridized carbons (Fsp3) is 0.400.